The lowest BCUT2D eigenvalue weighted by Crippen LogP contribution is -2.23. The maximum absolute atomic E-state index is 5.98. The van der Waals surface area contributed by atoms with Crippen molar-refractivity contribution in [2.24, 2.45) is 5.92 Å². The van der Waals surface area contributed by atoms with E-state index < -0.39 is 0 Å². The normalized spacial score (nSPS) is 22.6. The first-order valence-corrected chi connectivity index (χ1v) is 8.17. The Labute approximate surface area is 132 Å². The average molecular weight is 300 g/mol. The number of hydrogen-bond acceptors (Lipinski definition) is 1. The van der Waals surface area contributed by atoms with Crippen molar-refractivity contribution < 1.29 is 0 Å². The minimum absolute atomic E-state index is 0.548. The Morgan fingerprint density at radius 1 is 1.05 bits per heavy atom. The molecule has 0 aliphatic carbocycles. The van der Waals surface area contributed by atoms with Crippen molar-refractivity contribution in [1.82, 2.24) is 4.90 Å². The molecular formula is C19H22ClN. The van der Waals surface area contributed by atoms with Gasteiger partial charge in [0, 0.05) is 24.2 Å². The van der Waals surface area contributed by atoms with Gasteiger partial charge in [-0.25, -0.2) is 0 Å². The SMILES string of the molecule is CCC1CC(c2ccccc2)N(Cc2ccc(Cl)cc2)C1. The molecule has 1 aliphatic rings. The van der Waals surface area contributed by atoms with E-state index in [0.29, 0.717) is 6.04 Å². The van der Waals surface area contributed by atoms with Gasteiger partial charge < -0.3 is 0 Å². The van der Waals surface area contributed by atoms with Crippen molar-refractivity contribution in [3.8, 4) is 0 Å². The third-order valence-corrected chi connectivity index (χ3v) is 4.80. The highest BCUT2D eigenvalue weighted by Crippen LogP contribution is 2.37. The zero-order valence-corrected chi connectivity index (χ0v) is 13.3. The van der Waals surface area contributed by atoms with Gasteiger partial charge in [-0.3, -0.25) is 4.90 Å². The summed E-state index contributed by atoms with van der Waals surface area (Å²) in [5.74, 6) is 0.808. The van der Waals surface area contributed by atoms with E-state index in [-0.39, 0.29) is 0 Å². The van der Waals surface area contributed by atoms with Crippen LogP contribution in [-0.2, 0) is 6.54 Å². The number of nitrogens with zero attached hydrogens (tertiary/aromatic N) is 1. The van der Waals surface area contributed by atoms with E-state index in [1.807, 2.05) is 12.1 Å². The summed E-state index contributed by atoms with van der Waals surface area (Å²) in [5, 5.41) is 0.811. The molecule has 21 heavy (non-hydrogen) atoms. The Kier molecular flexibility index (Phi) is 4.62. The third kappa shape index (κ3) is 3.48. The smallest absolute Gasteiger partial charge is 0.0406 e. The summed E-state index contributed by atoms with van der Waals surface area (Å²) < 4.78 is 0. The molecule has 0 saturated carbocycles. The summed E-state index contributed by atoms with van der Waals surface area (Å²) in [6.07, 6.45) is 2.54. The van der Waals surface area contributed by atoms with Gasteiger partial charge in [-0.1, -0.05) is 67.4 Å². The summed E-state index contributed by atoms with van der Waals surface area (Å²) in [6.45, 7) is 4.50. The van der Waals surface area contributed by atoms with Crippen molar-refractivity contribution in [1.29, 1.82) is 0 Å². The van der Waals surface area contributed by atoms with Crippen LogP contribution in [0.5, 0.6) is 0 Å². The van der Waals surface area contributed by atoms with Crippen molar-refractivity contribution in [3.63, 3.8) is 0 Å². The average Bonchev–Trinajstić information content (AvgIpc) is 2.93. The zero-order valence-electron chi connectivity index (χ0n) is 12.5. The van der Waals surface area contributed by atoms with E-state index in [1.165, 1.54) is 30.5 Å². The molecule has 1 aliphatic heterocycles. The molecule has 3 rings (SSSR count). The van der Waals surface area contributed by atoms with Gasteiger partial charge in [-0.05, 0) is 35.6 Å². The summed E-state index contributed by atoms with van der Waals surface area (Å²) in [7, 11) is 0. The number of likely N-dealkylation sites (tertiary alicyclic amines) is 1. The van der Waals surface area contributed by atoms with Crippen LogP contribution in [-0.4, -0.2) is 11.4 Å². The van der Waals surface area contributed by atoms with Gasteiger partial charge in [0.15, 0.2) is 0 Å². The van der Waals surface area contributed by atoms with Crippen molar-refractivity contribution in [3.05, 3.63) is 70.7 Å². The lowest BCUT2D eigenvalue weighted by molar-refractivity contribution is 0.244. The molecule has 0 amide bonds. The van der Waals surface area contributed by atoms with Crippen LogP contribution in [0.25, 0.3) is 0 Å². The predicted molar refractivity (Wildman–Crippen MR) is 89.4 cm³/mol. The standard InChI is InChI=1S/C19H22ClN/c1-2-15-12-19(17-6-4-3-5-7-17)21(13-15)14-16-8-10-18(20)11-9-16/h3-11,15,19H,2,12-14H2,1H3. The number of benzene rings is 2. The number of rotatable bonds is 4. The molecule has 2 aromatic rings. The molecule has 1 saturated heterocycles. The minimum Gasteiger partial charge on any atom is -0.292 e. The second-order valence-corrected chi connectivity index (χ2v) is 6.43. The van der Waals surface area contributed by atoms with Crippen LogP contribution in [0.3, 0.4) is 0 Å². The zero-order chi connectivity index (χ0) is 14.7. The highest BCUT2D eigenvalue weighted by atomic mass is 35.5. The quantitative estimate of drug-likeness (QED) is 0.739. The summed E-state index contributed by atoms with van der Waals surface area (Å²) in [6, 6.07) is 19.7. The van der Waals surface area contributed by atoms with E-state index in [2.05, 4.69) is 54.3 Å². The Morgan fingerprint density at radius 2 is 1.76 bits per heavy atom. The van der Waals surface area contributed by atoms with Gasteiger partial charge in [0.25, 0.3) is 0 Å². The predicted octanol–water partition coefficient (Wildman–Crippen LogP) is 5.31. The van der Waals surface area contributed by atoms with E-state index in [1.54, 1.807) is 0 Å². The van der Waals surface area contributed by atoms with Crippen molar-refractivity contribution in [2.75, 3.05) is 6.54 Å². The fourth-order valence-electron chi connectivity index (χ4n) is 3.32. The van der Waals surface area contributed by atoms with Crippen LogP contribution >= 0.6 is 11.6 Å². The molecule has 1 nitrogen and oxygen atoms in total. The molecule has 110 valence electrons. The lowest BCUT2D eigenvalue weighted by atomic mass is 9.98. The van der Waals surface area contributed by atoms with E-state index >= 15 is 0 Å². The first-order valence-electron chi connectivity index (χ1n) is 7.79. The van der Waals surface area contributed by atoms with Crippen molar-refractivity contribution >= 4 is 11.6 Å². The maximum Gasteiger partial charge on any atom is 0.0406 e. The second-order valence-electron chi connectivity index (χ2n) is 5.99. The number of halogens is 1. The summed E-state index contributed by atoms with van der Waals surface area (Å²) in [5.41, 5.74) is 2.79. The van der Waals surface area contributed by atoms with Gasteiger partial charge in [-0.15, -0.1) is 0 Å². The Bertz CT molecular complexity index is 564. The molecule has 1 heterocycles. The van der Waals surface area contributed by atoms with Gasteiger partial charge >= 0.3 is 0 Å². The molecule has 0 N–H and O–H groups in total. The molecule has 2 unspecified atom stereocenters. The third-order valence-electron chi connectivity index (χ3n) is 4.55. The molecule has 0 bridgehead atoms. The molecule has 0 radical (unpaired) electrons. The molecule has 0 spiro atoms. The van der Waals surface area contributed by atoms with Crippen LogP contribution in [0, 0.1) is 5.92 Å². The van der Waals surface area contributed by atoms with Gasteiger partial charge in [0.2, 0.25) is 0 Å². The summed E-state index contributed by atoms with van der Waals surface area (Å²) >= 11 is 5.98. The first-order chi connectivity index (χ1) is 10.3. The van der Waals surface area contributed by atoms with Crippen LogP contribution in [0.2, 0.25) is 5.02 Å². The highest BCUT2D eigenvalue weighted by Gasteiger charge is 2.31. The molecule has 2 atom stereocenters. The topological polar surface area (TPSA) is 3.24 Å². The second kappa shape index (κ2) is 6.64. The van der Waals surface area contributed by atoms with Gasteiger partial charge in [-0.2, -0.15) is 0 Å². The van der Waals surface area contributed by atoms with E-state index in [9.17, 15) is 0 Å². The Hall–Kier alpha value is -1.31. The first kappa shape index (κ1) is 14.6. The van der Waals surface area contributed by atoms with Crippen molar-refractivity contribution in [2.45, 2.75) is 32.4 Å². The molecule has 1 fully saturated rings. The highest BCUT2D eigenvalue weighted by molar-refractivity contribution is 6.30. The molecule has 2 heteroatoms. The van der Waals surface area contributed by atoms with Gasteiger partial charge in [0.1, 0.15) is 0 Å². The fourth-order valence-corrected chi connectivity index (χ4v) is 3.44. The largest absolute Gasteiger partial charge is 0.292 e. The molecule has 0 aromatic heterocycles. The van der Waals surface area contributed by atoms with Gasteiger partial charge in [0.05, 0.1) is 0 Å². The Morgan fingerprint density at radius 3 is 2.43 bits per heavy atom. The fraction of sp³-hybridized carbons (Fsp3) is 0.368. The number of hydrogen-bond donors (Lipinski definition) is 0. The Balaban J connectivity index is 1.79. The summed E-state index contributed by atoms with van der Waals surface area (Å²) in [4.78, 5) is 2.62. The van der Waals surface area contributed by atoms with E-state index in [0.717, 1.165) is 17.5 Å². The molecule has 2 aromatic carbocycles. The monoisotopic (exact) mass is 299 g/mol. The van der Waals surface area contributed by atoms with Crippen LogP contribution in [0.4, 0.5) is 0 Å². The molecular weight excluding hydrogens is 278 g/mol. The van der Waals surface area contributed by atoms with Crippen LogP contribution < -0.4 is 0 Å². The minimum atomic E-state index is 0.548. The van der Waals surface area contributed by atoms with Crippen LogP contribution in [0.1, 0.15) is 36.9 Å². The lowest BCUT2D eigenvalue weighted by Gasteiger charge is -2.25. The van der Waals surface area contributed by atoms with E-state index in [4.69, 9.17) is 11.6 Å². The maximum atomic E-state index is 5.98. The van der Waals surface area contributed by atoms with Crippen LogP contribution in [0.15, 0.2) is 54.6 Å².